The van der Waals surface area contributed by atoms with Crippen molar-refractivity contribution in [2.75, 3.05) is 6.54 Å². The fourth-order valence-electron chi connectivity index (χ4n) is 1.92. The summed E-state index contributed by atoms with van der Waals surface area (Å²) in [6, 6.07) is 12.3. The number of hydrogen-bond donors (Lipinski definition) is 1. The zero-order valence-corrected chi connectivity index (χ0v) is 12.4. The summed E-state index contributed by atoms with van der Waals surface area (Å²) in [6.45, 7) is 5.14. The maximum Gasteiger partial charge on any atom is 0.131 e. The van der Waals surface area contributed by atoms with Crippen molar-refractivity contribution in [2.45, 2.75) is 13.2 Å². The summed E-state index contributed by atoms with van der Waals surface area (Å²) in [4.78, 5) is 0. The van der Waals surface area contributed by atoms with E-state index in [1.807, 2.05) is 24.3 Å². The van der Waals surface area contributed by atoms with E-state index in [1.165, 1.54) is 6.07 Å². The second-order valence-corrected chi connectivity index (χ2v) is 4.92. The van der Waals surface area contributed by atoms with Gasteiger partial charge in [0.25, 0.3) is 0 Å². The highest BCUT2D eigenvalue weighted by Gasteiger charge is 2.09. The second kappa shape index (κ2) is 7.81. The maximum absolute atomic E-state index is 13.7. The minimum absolute atomic E-state index is 0.101. The monoisotopic (exact) mass is 305 g/mol. The highest BCUT2D eigenvalue weighted by Crippen LogP contribution is 2.23. The Morgan fingerprint density at radius 2 is 2.00 bits per heavy atom. The number of para-hydroxylation sites is 1. The van der Waals surface area contributed by atoms with Crippen molar-refractivity contribution in [1.82, 2.24) is 5.32 Å². The van der Waals surface area contributed by atoms with Crippen molar-refractivity contribution < 1.29 is 9.13 Å². The molecule has 0 unspecified atom stereocenters. The van der Waals surface area contributed by atoms with Crippen LogP contribution in [0.3, 0.4) is 0 Å². The molecule has 0 aliphatic carbocycles. The fraction of sp³-hybridized carbons (Fsp3) is 0.176. The molecule has 0 aliphatic heterocycles. The molecule has 0 aliphatic rings. The Kier molecular flexibility index (Phi) is 5.78. The number of nitrogens with one attached hydrogen (secondary N) is 1. The summed E-state index contributed by atoms with van der Waals surface area (Å²) in [7, 11) is 0. The maximum atomic E-state index is 13.7. The number of rotatable bonds is 7. The normalized spacial score (nSPS) is 10.4. The third-order valence-corrected chi connectivity index (χ3v) is 3.36. The average molecular weight is 306 g/mol. The summed E-state index contributed by atoms with van der Waals surface area (Å²) in [5.41, 5.74) is 1.37. The van der Waals surface area contributed by atoms with Crippen LogP contribution in [-0.4, -0.2) is 6.54 Å². The molecule has 0 amide bonds. The average Bonchev–Trinajstić information content (AvgIpc) is 2.48. The third kappa shape index (κ3) is 4.31. The summed E-state index contributed by atoms with van der Waals surface area (Å²) < 4.78 is 19.4. The summed E-state index contributed by atoms with van der Waals surface area (Å²) >= 11 is 5.99. The van der Waals surface area contributed by atoms with E-state index < -0.39 is 0 Å². The first kappa shape index (κ1) is 15.5. The second-order valence-electron chi connectivity index (χ2n) is 4.52. The zero-order chi connectivity index (χ0) is 15.1. The van der Waals surface area contributed by atoms with E-state index in [9.17, 15) is 4.39 Å². The molecule has 2 aromatic carbocycles. The predicted octanol–water partition coefficient (Wildman–Crippen LogP) is 4.33. The van der Waals surface area contributed by atoms with Gasteiger partial charge in [0, 0.05) is 24.2 Å². The van der Waals surface area contributed by atoms with Crippen LogP contribution in [0.5, 0.6) is 5.75 Å². The van der Waals surface area contributed by atoms with Gasteiger partial charge in [-0.3, -0.25) is 0 Å². The van der Waals surface area contributed by atoms with Crippen LogP contribution in [0.4, 0.5) is 4.39 Å². The molecular weight excluding hydrogens is 289 g/mol. The van der Waals surface area contributed by atoms with Crippen molar-refractivity contribution in [2.24, 2.45) is 0 Å². The van der Waals surface area contributed by atoms with Crippen LogP contribution >= 0.6 is 11.6 Å². The Balaban J connectivity index is 2.07. The van der Waals surface area contributed by atoms with Crippen LogP contribution < -0.4 is 10.1 Å². The molecule has 0 aromatic heterocycles. The molecule has 110 valence electrons. The Hall–Kier alpha value is -1.84. The number of hydrogen-bond acceptors (Lipinski definition) is 2. The first-order valence-corrected chi connectivity index (χ1v) is 7.05. The van der Waals surface area contributed by atoms with Crippen LogP contribution in [0.2, 0.25) is 5.02 Å². The zero-order valence-electron chi connectivity index (χ0n) is 11.6. The van der Waals surface area contributed by atoms with Gasteiger partial charge in [0.15, 0.2) is 0 Å². The molecule has 0 atom stereocenters. The van der Waals surface area contributed by atoms with E-state index in [0.29, 0.717) is 29.4 Å². The lowest BCUT2D eigenvalue weighted by molar-refractivity contribution is 0.296. The highest BCUT2D eigenvalue weighted by atomic mass is 35.5. The Labute approximate surface area is 129 Å². The quantitative estimate of drug-likeness (QED) is 0.607. The molecule has 2 nitrogen and oxygen atoms in total. The van der Waals surface area contributed by atoms with Gasteiger partial charge in [-0.1, -0.05) is 41.9 Å². The van der Waals surface area contributed by atoms with Gasteiger partial charge < -0.3 is 10.1 Å². The van der Waals surface area contributed by atoms with Crippen molar-refractivity contribution in [3.05, 3.63) is 77.1 Å². The molecule has 4 heteroatoms. The van der Waals surface area contributed by atoms with Gasteiger partial charge in [0.2, 0.25) is 0 Å². The first-order valence-electron chi connectivity index (χ1n) is 6.67. The molecule has 21 heavy (non-hydrogen) atoms. The fourth-order valence-corrected chi connectivity index (χ4v) is 2.14. The van der Waals surface area contributed by atoms with E-state index in [4.69, 9.17) is 16.3 Å². The molecule has 2 rings (SSSR count). The first-order chi connectivity index (χ1) is 10.2. The molecule has 0 bridgehead atoms. The smallest absolute Gasteiger partial charge is 0.131 e. The van der Waals surface area contributed by atoms with Crippen LogP contribution in [-0.2, 0) is 13.2 Å². The third-order valence-electron chi connectivity index (χ3n) is 3.01. The van der Waals surface area contributed by atoms with Crippen molar-refractivity contribution >= 4 is 11.6 Å². The molecule has 0 radical (unpaired) electrons. The van der Waals surface area contributed by atoms with Crippen LogP contribution in [0.25, 0.3) is 0 Å². The van der Waals surface area contributed by atoms with Gasteiger partial charge in [-0.15, -0.1) is 6.58 Å². The van der Waals surface area contributed by atoms with Crippen LogP contribution in [0.15, 0.2) is 55.1 Å². The van der Waals surface area contributed by atoms with Crippen LogP contribution in [0, 0.1) is 5.82 Å². The largest absolute Gasteiger partial charge is 0.488 e. The molecule has 0 saturated heterocycles. The molecule has 0 saturated carbocycles. The molecule has 0 spiro atoms. The molecular formula is C17H17ClFNO. The van der Waals surface area contributed by atoms with Crippen molar-refractivity contribution in [3.63, 3.8) is 0 Å². The van der Waals surface area contributed by atoms with Gasteiger partial charge in [-0.2, -0.15) is 0 Å². The number of benzene rings is 2. The molecule has 2 aromatic rings. The standard InChI is InChI=1S/C17H17ClFNO/c1-2-10-20-11-13-6-3-4-9-17(13)21-12-14-15(18)7-5-8-16(14)19/h2-9,20H,1,10-12H2. The van der Waals surface area contributed by atoms with Gasteiger partial charge in [0.1, 0.15) is 18.2 Å². The molecule has 1 N–H and O–H groups in total. The highest BCUT2D eigenvalue weighted by molar-refractivity contribution is 6.31. The predicted molar refractivity (Wildman–Crippen MR) is 84.1 cm³/mol. The van der Waals surface area contributed by atoms with Gasteiger partial charge in [-0.25, -0.2) is 4.39 Å². The Morgan fingerprint density at radius 3 is 2.76 bits per heavy atom. The van der Waals surface area contributed by atoms with Crippen LogP contribution in [0.1, 0.15) is 11.1 Å². The number of halogens is 2. The van der Waals surface area contributed by atoms with E-state index in [1.54, 1.807) is 18.2 Å². The topological polar surface area (TPSA) is 21.3 Å². The van der Waals surface area contributed by atoms with Gasteiger partial charge in [-0.05, 0) is 18.2 Å². The van der Waals surface area contributed by atoms with Crippen molar-refractivity contribution in [1.29, 1.82) is 0 Å². The molecule has 0 heterocycles. The van der Waals surface area contributed by atoms with Gasteiger partial charge >= 0.3 is 0 Å². The lowest BCUT2D eigenvalue weighted by Crippen LogP contribution is -2.13. The SMILES string of the molecule is C=CCNCc1ccccc1OCc1c(F)cccc1Cl. The summed E-state index contributed by atoms with van der Waals surface area (Å²) in [6.07, 6.45) is 1.79. The van der Waals surface area contributed by atoms with Crippen molar-refractivity contribution in [3.8, 4) is 5.75 Å². The Bertz CT molecular complexity index is 595. The minimum Gasteiger partial charge on any atom is -0.488 e. The lowest BCUT2D eigenvalue weighted by Gasteiger charge is -2.13. The molecule has 0 fully saturated rings. The Morgan fingerprint density at radius 1 is 1.19 bits per heavy atom. The van der Waals surface area contributed by atoms with E-state index in [0.717, 1.165) is 5.56 Å². The van der Waals surface area contributed by atoms with E-state index in [-0.39, 0.29) is 12.4 Å². The lowest BCUT2D eigenvalue weighted by atomic mass is 10.2. The van der Waals surface area contributed by atoms with E-state index >= 15 is 0 Å². The summed E-state index contributed by atoms with van der Waals surface area (Å²) in [5, 5.41) is 3.59. The summed E-state index contributed by atoms with van der Waals surface area (Å²) in [5.74, 6) is 0.359. The van der Waals surface area contributed by atoms with E-state index in [2.05, 4.69) is 11.9 Å². The van der Waals surface area contributed by atoms with Gasteiger partial charge in [0.05, 0.1) is 5.02 Å². The minimum atomic E-state index is -0.357. The number of ether oxygens (including phenoxy) is 1.